The molecule has 10 aromatic rings. The summed E-state index contributed by atoms with van der Waals surface area (Å²) in [5.74, 6) is 0. The van der Waals surface area contributed by atoms with E-state index in [2.05, 4.69) is 167 Å². The number of para-hydroxylation sites is 2. The molecule has 0 atom stereocenters. The quantitative estimate of drug-likeness (QED) is 0.192. The zero-order chi connectivity index (χ0) is 29.9. The third-order valence-electron chi connectivity index (χ3n) is 10.2. The van der Waals surface area contributed by atoms with E-state index >= 15 is 0 Å². The van der Waals surface area contributed by atoms with Crippen LogP contribution in [0.25, 0.3) is 98.8 Å². The van der Waals surface area contributed by atoms with Gasteiger partial charge in [-0.15, -0.1) is 0 Å². The molecule has 0 radical (unpaired) electrons. The molecule has 0 fully saturated rings. The first-order valence-electron chi connectivity index (χ1n) is 16.0. The van der Waals surface area contributed by atoms with Crippen molar-refractivity contribution in [3.8, 4) is 33.6 Å². The summed E-state index contributed by atoms with van der Waals surface area (Å²) in [4.78, 5) is 0. The van der Waals surface area contributed by atoms with E-state index in [1.165, 1.54) is 98.8 Å². The first-order valence-corrected chi connectivity index (χ1v) is 16.0. The van der Waals surface area contributed by atoms with Crippen LogP contribution in [0.5, 0.6) is 0 Å². The maximum Gasteiger partial charge on any atom is 0.0553 e. The van der Waals surface area contributed by atoms with Gasteiger partial charge in [0.15, 0.2) is 0 Å². The lowest BCUT2D eigenvalue weighted by molar-refractivity contribution is 1.17. The van der Waals surface area contributed by atoms with Gasteiger partial charge in [0.25, 0.3) is 0 Å². The van der Waals surface area contributed by atoms with Crippen molar-refractivity contribution in [3.05, 3.63) is 158 Å². The van der Waals surface area contributed by atoms with Crippen LogP contribution in [0, 0.1) is 0 Å². The highest BCUT2D eigenvalue weighted by Crippen LogP contribution is 2.52. The molecule has 0 N–H and O–H groups in total. The summed E-state index contributed by atoms with van der Waals surface area (Å²) in [6.07, 6.45) is 0. The lowest BCUT2D eigenvalue weighted by Gasteiger charge is -2.11. The highest BCUT2D eigenvalue weighted by atomic mass is 15.0. The molecule has 11 rings (SSSR count). The molecule has 2 heteroatoms. The monoisotopic (exact) mass is 582 g/mol. The Labute approximate surface area is 265 Å². The number of hydrogen-bond donors (Lipinski definition) is 0. The van der Waals surface area contributed by atoms with Gasteiger partial charge in [0.1, 0.15) is 0 Å². The van der Waals surface area contributed by atoms with Gasteiger partial charge in [-0.3, -0.25) is 0 Å². The molecule has 2 aromatic heterocycles. The predicted octanol–water partition coefficient (Wildman–Crippen LogP) is 11.8. The van der Waals surface area contributed by atoms with Crippen molar-refractivity contribution in [2.75, 3.05) is 0 Å². The Balaban J connectivity index is 1.32. The number of rotatable bonds is 2. The normalized spacial score (nSPS) is 12.3. The van der Waals surface area contributed by atoms with E-state index in [1.54, 1.807) is 0 Å². The number of benzene rings is 8. The lowest BCUT2D eigenvalue weighted by Crippen LogP contribution is -1.96. The molecule has 0 amide bonds. The van der Waals surface area contributed by atoms with E-state index in [-0.39, 0.29) is 0 Å². The van der Waals surface area contributed by atoms with E-state index < -0.39 is 0 Å². The third-order valence-corrected chi connectivity index (χ3v) is 10.2. The fraction of sp³-hybridized carbons (Fsp3) is 0. The molecule has 0 aliphatic heterocycles. The minimum atomic E-state index is 1.17. The second kappa shape index (κ2) is 8.74. The summed E-state index contributed by atoms with van der Waals surface area (Å²) in [5, 5.41) is 10.4. The topological polar surface area (TPSA) is 9.86 Å². The van der Waals surface area contributed by atoms with Crippen molar-refractivity contribution < 1.29 is 0 Å². The first kappa shape index (κ1) is 24.2. The van der Waals surface area contributed by atoms with Crippen molar-refractivity contribution in [1.29, 1.82) is 0 Å². The SMILES string of the molecule is c1ccc(-n2c3ccccc3c3cc(-n4c5ccc6ccccc6c5c5c6cccc7c6c(cc54)-c4ccccc4-7)ccc32)cc1. The minimum Gasteiger partial charge on any atom is -0.309 e. The molecule has 8 aromatic carbocycles. The zero-order valence-electron chi connectivity index (χ0n) is 24.9. The highest BCUT2D eigenvalue weighted by molar-refractivity contribution is 6.33. The standard InChI is InChI=1S/C44H26N2/c1-2-12-28(13-3-1)45-38-20-9-8-17-33(38)36-25-29(22-24-39(36)45)46-40-23-21-27-11-4-5-14-30(27)43(40)44-35-19-10-18-34-31-15-6-7-16-32(31)37(42(34)35)26-41(44)46/h1-26H. The van der Waals surface area contributed by atoms with Crippen LogP contribution in [0.15, 0.2) is 158 Å². The Morgan fingerprint density at radius 2 is 0.913 bits per heavy atom. The van der Waals surface area contributed by atoms with E-state index in [9.17, 15) is 0 Å². The number of fused-ring (bicyclic) bond motifs is 12. The summed E-state index contributed by atoms with van der Waals surface area (Å²) in [5.41, 5.74) is 12.6. The van der Waals surface area contributed by atoms with Crippen molar-refractivity contribution in [3.63, 3.8) is 0 Å². The Morgan fingerprint density at radius 1 is 0.283 bits per heavy atom. The van der Waals surface area contributed by atoms with E-state index in [0.717, 1.165) is 0 Å². The number of hydrogen-bond acceptors (Lipinski definition) is 0. The molecule has 212 valence electrons. The maximum atomic E-state index is 2.51. The molecule has 2 heterocycles. The molecule has 1 aliphatic rings. The Bertz CT molecular complexity index is 2900. The van der Waals surface area contributed by atoms with Gasteiger partial charge in [0.2, 0.25) is 0 Å². The van der Waals surface area contributed by atoms with Gasteiger partial charge in [-0.25, -0.2) is 0 Å². The molecule has 1 aliphatic carbocycles. The van der Waals surface area contributed by atoms with Gasteiger partial charge in [0, 0.05) is 32.9 Å². The third kappa shape index (κ3) is 3.01. The van der Waals surface area contributed by atoms with E-state index in [4.69, 9.17) is 0 Å². The van der Waals surface area contributed by atoms with Crippen molar-refractivity contribution >= 4 is 65.2 Å². The molecular formula is C44H26N2. The van der Waals surface area contributed by atoms with Crippen molar-refractivity contribution in [1.82, 2.24) is 9.13 Å². The van der Waals surface area contributed by atoms with Crippen LogP contribution in [0.2, 0.25) is 0 Å². The minimum absolute atomic E-state index is 1.17. The van der Waals surface area contributed by atoms with Gasteiger partial charge >= 0.3 is 0 Å². The Kier molecular flexibility index (Phi) is 4.61. The van der Waals surface area contributed by atoms with E-state index in [1.807, 2.05) is 0 Å². The smallest absolute Gasteiger partial charge is 0.0553 e. The van der Waals surface area contributed by atoms with Gasteiger partial charge in [-0.05, 0) is 92.3 Å². The molecule has 0 spiro atoms. The summed E-state index contributed by atoms with van der Waals surface area (Å²) in [6.45, 7) is 0. The molecular weight excluding hydrogens is 556 g/mol. The van der Waals surface area contributed by atoms with Crippen LogP contribution < -0.4 is 0 Å². The second-order valence-corrected chi connectivity index (χ2v) is 12.5. The zero-order valence-corrected chi connectivity index (χ0v) is 24.9. The maximum absolute atomic E-state index is 2.51. The van der Waals surface area contributed by atoms with Crippen LogP contribution >= 0.6 is 0 Å². The van der Waals surface area contributed by atoms with Crippen LogP contribution in [-0.4, -0.2) is 9.13 Å². The summed E-state index contributed by atoms with van der Waals surface area (Å²) in [6, 6.07) is 58.1. The van der Waals surface area contributed by atoms with Crippen molar-refractivity contribution in [2.45, 2.75) is 0 Å². The van der Waals surface area contributed by atoms with Gasteiger partial charge in [-0.2, -0.15) is 0 Å². The second-order valence-electron chi connectivity index (χ2n) is 12.5. The van der Waals surface area contributed by atoms with Crippen LogP contribution in [-0.2, 0) is 0 Å². The molecule has 2 nitrogen and oxygen atoms in total. The van der Waals surface area contributed by atoms with Crippen molar-refractivity contribution in [2.24, 2.45) is 0 Å². The fourth-order valence-corrected chi connectivity index (χ4v) is 8.37. The molecule has 0 saturated heterocycles. The molecule has 0 unspecified atom stereocenters. The largest absolute Gasteiger partial charge is 0.309 e. The number of aromatic nitrogens is 2. The molecule has 0 bridgehead atoms. The van der Waals surface area contributed by atoms with E-state index in [0.29, 0.717) is 0 Å². The summed E-state index contributed by atoms with van der Waals surface area (Å²) >= 11 is 0. The van der Waals surface area contributed by atoms with Crippen LogP contribution in [0.3, 0.4) is 0 Å². The predicted molar refractivity (Wildman–Crippen MR) is 195 cm³/mol. The first-order chi connectivity index (χ1) is 22.8. The molecule has 0 saturated carbocycles. The lowest BCUT2D eigenvalue weighted by atomic mass is 9.96. The molecule has 46 heavy (non-hydrogen) atoms. The Hall–Kier alpha value is -6.12. The summed E-state index contributed by atoms with van der Waals surface area (Å²) in [7, 11) is 0. The van der Waals surface area contributed by atoms with Gasteiger partial charge in [-0.1, -0.05) is 109 Å². The van der Waals surface area contributed by atoms with Gasteiger partial charge in [0.05, 0.1) is 22.1 Å². The van der Waals surface area contributed by atoms with Crippen LogP contribution in [0.4, 0.5) is 0 Å². The average Bonchev–Trinajstić information content (AvgIpc) is 3.75. The van der Waals surface area contributed by atoms with Crippen LogP contribution in [0.1, 0.15) is 0 Å². The highest BCUT2D eigenvalue weighted by Gasteiger charge is 2.26. The number of nitrogens with zero attached hydrogens (tertiary/aromatic N) is 2. The average molecular weight is 583 g/mol. The Morgan fingerprint density at radius 3 is 1.80 bits per heavy atom. The fourth-order valence-electron chi connectivity index (χ4n) is 8.37. The van der Waals surface area contributed by atoms with Gasteiger partial charge < -0.3 is 9.13 Å². The summed E-state index contributed by atoms with van der Waals surface area (Å²) < 4.78 is 4.90.